The van der Waals surface area contributed by atoms with E-state index in [1.54, 1.807) is 7.11 Å². The third-order valence-electron chi connectivity index (χ3n) is 3.01. The highest BCUT2D eigenvalue weighted by Crippen LogP contribution is 2.13. The number of methoxy groups -OCH3 is 1. The Morgan fingerprint density at radius 3 is 1.85 bits per heavy atom. The van der Waals surface area contributed by atoms with Gasteiger partial charge in [-0.15, -0.1) is 0 Å². The summed E-state index contributed by atoms with van der Waals surface area (Å²) in [5.41, 5.74) is 0. The Bertz CT molecular complexity index is 340. The fourth-order valence-electron chi connectivity index (χ4n) is 1.73. The van der Waals surface area contributed by atoms with Crippen molar-refractivity contribution in [3.63, 3.8) is 0 Å². The van der Waals surface area contributed by atoms with E-state index in [9.17, 15) is 13.2 Å². The Balaban J connectivity index is 0.000000758. The lowest BCUT2D eigenvalue weighted by Crippen LogP contribution is -2.21. The van der Waals surface area contributed by atoms with E-state index < -0.39 is 12.1 Å². The summed E-state index contributed by atoms with van der Waals surface area (Å²) in [6.45, 7) is 6.94. The number of carbonyl (C=O) groups is 1. The van der Waals surface area contributed by atoms with E-state index in [0.717, 1.165) is 19.5 Å². The predicted molar refractivity (Wildman–Crippen MR) is 85.3 cm³/mol. The van der Waals surface area contributed by atoms with Gasteiger partial charge in [0.25, 0.3) is 0 Å². The number of carboxylic acids is 1. The van der Waals surface area contributed by atoms with Crippen molar-refractivity contribution in [2.24, 2.45) is 0 Å². The van der Waals surface area contributed by atoms with E-state index in [2.05, 4.69) is 5.32 Å². The summed E-state index contributed by atoms with van der Waals surface area (Å²) >= 11 is 0. The summed E-state index contributed by atoms with van der Waals surface area (Å²) in [4.78, 5) is 8.90. The fraction of sp³-hybridized carbons (Fsp3) is 0.933. The van der Waals surface area contributed by atoms with Crippen LogP contribution in [0.1, 0.15) is 6.42 Å². The molecule has 0 saturated carbocycles. The van der Waals surface area contributed by atoms with Crippen molar-refractivity contribution in [3.8, 4) is 0 Å². The average Bonchev–Trinajstić information content (AvgIpc) is 3.09. The number of halogens is 3. The molecule has 0 radical (unpaired) electrons. The molecule has 2 N–H and O–H groups in total. The van der Waals surface area contributed by atoms with Crippen molar-refractivity contribution < 1.29 is 46.8 Å². The molecule has 156 valence electrons. The summed E-state index contributed by atoms with van der Waals surface area (Å²) in [6.07, 6.45) is -3.62. The maximum Gasteiger partial charge on any atom is 0.490 e. The van der Waals surface area contributed by atoms with Crippen molar-refractivity contribution in [1.29, 1.82) is 0 Å². The number of rotatable bonds is 13. The first-order valence-electron chi connectivity index (χ1n) is 8.22. The van der Waals surface area contributed by atoms with E-state index in [4.69, 9.17) is 33.6 Å². The zero-order valence-corrected chi connectivity index (χ0v) is 14.9. The van der Waals surface area contributed by atoms with E-state index in [1.165, 1.54) is 0 Å². The molecule has 0 spiro atoms. The monoisotopic (exact) mass is 391 g/mol. The van der Waals surface area contributed by atoms with Crippen LogP contribution in [0.2, 0.25) is 0 Å². The summed E-state index contributed by atoms with van der Waals surface area (Å²) in [6, 6.07) is 0. The van der Waals surface area contributed by atoms with Gasteiger partial charge in [0, 0.05) is 13.7 Å². The normalized spacial score (nSPS) is 17.0. The van der Waals surface area contributed by atoms with Gasteiger partial charge in [0.2, 0.25) is 0 Å². The average molecular weight is 391 g/mol. The number of hydrogen-bond donors (Lipinski definition) is 2. The van der Waals surface area contributed by atoms with Gasteiger partial charge in [-0.1, -0.05) is 0 Å². The molecule has 8 nitrogen and oxygen atoms in total. The van der Waals surface area contributed by atoms with Gasteiger partial charge < -0.3 is 34.1 Å². The maximum absolute atomic E-state index is 10.6. The molecule has 0 aromatic rings. The number of ether oxygens (including phenoxy) is 5. The third kappa shape index (κ3) is 16.5. The number of nitrogens with one attached hydrogen (secondary N) is 1. The van der Waals surface area contributed by atoms with Crippen LogP contribution in [0.25, 0.3) is 0 Å². The minimum absolute atomic E-state index is 0.365. The van der Waals surface area contributed by atoms with Gasteiger partial charge in [-0.25, -0.2) is 4.79 Å². The lowest BCUT2D eigenvalue weighted by Gasteiger charge is -2.10. The van der Waals surface area contributed by atoms with Crippen LogP contribution in [0, 0.1) is 0 Å². The van der Waals surface area contributed by atoms with Gasteiger partial charge in [0.05, 0.1) is 59.0 Å². The zero-order chi connectivity index (χ0) is 19.7. The standard InChI is InChI=1S/C13H27NO5.C2HF3O2/c1-15-4-5-16-6-7-17-8-9-18-10-11-19-13-2-3-14-12-13;3-2(4,5)1(6)7/h13-14H,2-12H2,1H3;(H,6,7)/t13-;/m1./s1. The molecule has 0 aliphatic carbocycles. The molecular weight excluding hydrogens is 363 g/mol. The summed E-state index contributed by atoms with van der Waals surface area (Å²) in [5, 5.41) is 10.4. The van der Waals surface area contributed by atoms with Gasteiger partial charge in [0.1, 0.15) is 0 Å². The smallest absolute Gasteiger partial charge is 0.475 e. The highest BCUT2D eigenvalue weighted by atomic mass is 19.4. The highest BCUT2D eigenvalue weighted by Gasteiger charge is 2.38. The van der Waals surface area contributed by atoms with Crippen molar-refractivity contribution in [2.75, 3.05) is 73.1 Å². The van der Waals surface area contributed by atoms with Crippen LogP contribution in [0.5, 0.6) is 0 Å². The minimum Gasteiger partial charge on any atom is -0.475 e. The van der Waals surface area contributed by atoms with Crippen LogP contribution in [-0.2, 0) is 28.5 Å². The molecule has 0 amide bonds. The van der Waals surface area contributed by atoms with Gasteiger partial charge in [-0.2, -0.15) is 13.2 Å². The lowest BCUT2D eigenvalue weighted by molar-refractivity contribution is -0.192. The highest BCUT2D eigenvalue weighted by molar-refractivity contribution is 5.73. The molecule has 0 aromatic carbocycles. The molecule has 11 heteroatoms. The number of hydrogen-bond acceptors (Lipinski definition) is 7. The molecule has 1 saturated heterocycles. The Morgan fingerprint density at radius 2 is 1.46 bits per heavy atom. The quantitative estimate of drug-likeness (QED) is 0.443. The van der Waals surface area contributed by atoms with E-state index in [0.29, 0.717) is 59.0 Å². The number of alkyl halides is 3. The first-order valence-corrected chi connectivity index (χ1v) is 8.22. The first kappa shape index (κ1) is 25.0. The molecule has 1 aliphatic heterocycles. The lowest BCUT2D eigenvalue weighted by atomic mass is 10.3. The number of aliphatic carboxylic acids is 1. The van der Waals surface area contributed by atoms with Crippen molar-refractivity contribution in [3.05, 3.63) is 0 Å². The van der Waals surface area contributed by atoms with Gasteiger partial charge in [0.15, 0.2) is 0 Å². The van der Waals surface area contributed by atoms with Crippen molar-refractivity contribution >= 4 is 5.97 Å². The molecule has 1 aliphatic rings. The topological polar surface area (TPSA) is 95.5 Å². The van der Waals surface area contributed by atoms with E-state index in [-0.39, 0.29) is 0 Å². The second-order valence-electron chi connectivity index (χ2n) is 5.12. The van der Waals surface area contributed by atoms with Crippen molar-refractivity contribution in [2.45, 2.75) is 18.7 Å². The summed E-state index contributed by atoms with van der Waals surface area (Å²) in [7, 11) is 1.66. The SMILES string of the molecule is COCCOCCOCCOCCO[C@@H]1CCNC1.O=C(O)C(F)(F)F. The molecule has 1 heterocycles. The first-order chi connectivity index (χ1) is 12.4. The summed E-state index contributed by atoms with van der Waals surface area (Å²) < 4.78 is 58.2. The molecule has 1 atom stereocenters. The molecule has 0 aromatic heterocycles. The predicted octanol–water partition coefficient (Wildman–Crippen LogP) is 0.694. The summed E-state index contributed by atoms with van der Waals surface area (Å²) in [5.74, 6) is -2.76. The zero-order valence-electron chi connectivity index (χ0n) is 14.9. The Hall–Kier alpha value is -0.980. The van der Waals surface area contributed by atoms with Crippen LogP contribution in [-0.4, -0.2) is 96.4 Å². The molecule has 26 heavy (non-hydrogen) atoms. The minimum atomic E-state index is -5.08. The maximum atomic E-state index is 10.6. The van der Waals surface area contributed by atoms with Crippen LogP contribution in [0.4, 0.5) is 13.2 Å². The van der Waals surface area contributed by atoms with Gasteiger partial charge >= 0.3 is 12.1 Å². The molecule has 0 unspecified atom stereocenters. The third-order valence-corrected chi connectivity index (χ3v) is 3.01. The van der Waals surface area contributed by atoms with Crippen LogP contribution >= 0.6 is 0 Å². The number of carboxylic acid groups (broad SMARTS) is 1. The molecule has 0 bridgehead atoms. The van der Waals surface area contributed by atoms with Gasteiger partial charge in [-0.05, 0) is 13.0 Å². The van der Waals surface area contributed by atoms with Crippen LogP contribution in [0.3, 0.4) is 0 Å². The largest absolute Gasteiger partial charge is 0.490 e. The van der Waals surface area contributed by atoms with E-state index in [1.807, 2.05) is 0 Å². The second kappa shape index (κ2) is 16.2. The van der Waals surface area contributed by atoms with E-state index >= 15 is 0 Å². The van der Waals surface area contributed by atoms with Gasteiger partial charge in [-0.3, -0.25) is 0 Å². The Kier molecular flexibility index (Phi) is 15.6. The van der Waals surface area contributed by atoms with Crippen LogP contribution in [0.15, 0.2) is 0 Å². The molecule has 1 fully saturated rings. The Labute approximate surface area is 150 Å². The van der Waals surface area contributed by atoms with Crippen LogP contribution < -0.4 is 5.32 Å². The molecule has 1 rings (SSSR count). The fourth-order valence-corrected chi connectivity index (χ4v) is 1.73. The second-order valence-corrected chi connectivity index (χ2v) is 5.12. The molecular formula is C15H28F3NO7. The van der Waals surface area contributed by atoms with Crippen molar-refractivity contribution in [1.82, 2.24) is 5.32 Å². The Morgan fingerprint density at radius 1 is 1.00 bits per heavy atom.